The third-order valence-electron chi connectivity index (χ3n) is 1.99. The van der Waals surface area contributed by atoms with Crippen LogP contribution in [0.2, 0.25) is 0 Å². The Morgan fingerprint density at radius 3 is 2.50 bits per heavy atom. The molecule has 0 aliphatic heterocycles. The Morgan fingerprint density at radius 2 is 1.94 bits per heavy atom. The van der Waals surface area contributed by atoms with Crippen LogP contribution in [0.1, 0.15) is 5.76 Å². The molecule has 0 N–H and O–H groups in total. The second-order valence-electron chi connectivity index (χ2n) is 3.05. The molecule has 4 nitrogen and oxygen atoms in total. The van der Waals surface area contributed by atoms with Crippen LogP contribution in [0.4, 0.5) is 0 Å². The number of aromatic nitrogens is 1. The summed E-state index contributed by atoms with van der Waals surface area (Å²) in [5, 5.41) is -0.311. The zero-order valence-electron chi connectivity index (χ0n) is 8.33. The van der Waals surface area contributed by atoms with E-state index in [2.05, 4.69) is 11.6 Å². The summed E-state index contributed by atoms with van der Waals surface area (Å²) in [6.45, 7) is 3.47. The van der Waals surface area contributed by atoms with Crippen molar-refractivity contribution in [2.75, 3.05) is 0 Å². The van der Waals surface area contributed by atoms with Gasteiger partial charge in [0.25, 0.3) is 9.84 Å². The number of nitrogens with zero attached hydrogens (tertiary/aromatic N) is 1. The van der Waals surface area contributed by atoms with Crippen LogP contribution in [0.25, 0.3) is 6.08 Å². The molecular formula is C11H9NO3S. The first-order valence-corrected chi connectivity index (χ1v) is 6.01. The monoisotopic (exact) mass is 235 g/mol. The van der Waals surface area contributed by atoms with Gasteiger partial charge in [-0.25, -0.2) is 13.4 Å². The Bertz CT molecular complexity index is 599. The molecule has 5 heteroatoms. The molecular weight excluding hydrogens is 226 g/mol. The lowest BCUT2D eigenvalue weighted by Crippen LogP contribution is -2.01. The summed E-state index contributed by atoms with van der Waals surface area (Å²) in [6, 6.07) is 8.01. The van der Waals surface area contributed by atoms with Crippen LogP contribution in [0.5, 0.6) is 0 Å². The molecule has 0 saturated carbocycles. The summed E-state index contributed by atoms with van der Waals surface area (Å²) in [6.07, 6.45) is 2.72. The zero-order valence-corrected chi connectivity index (χ0v) is 9.15. The van der Waals surface area contributed by atoms with Gasteiger partial charge in [-0.3, -0.25) is 0 Å². The third-order valence-corrected chi connectivity index (χ3v) is 3.53. The van der Waals surface area contributed by atoms with E-state index in [0.717, 1.165) is 0 Å². The highest BCUT2D eigenvalue weighted by molar-refractivity contribution is 7.91. The molecule has 1 aromatic heterocycles. The Labute approximate surface area is 93.2 Å². The second kappa shape index (κ2) is 3.94. The lowest BCUT2D eigenvalue weighted by molar-refractivity contribution is 0.424. The Hall–Kier alpha value is -1.88. The quantitative estimate of drug-likeness (QED) is 0.817. The van der Waals surface area contributed by atoms with E-state index in [9.17, 15) is 8.42 Å². The van der Waals surface area contributed by atoms with Gasteiger partial charge in [0.2, 0.25) is 0 Å². The summed E-state index contributed by atoms with van der Waals surface area (Å²) < 4.78 is 29.0. The van der Waals surface area contributed by atoms with Crippen molar-refractivity contribution >= 4 is 15.9 Å². The molecule has 0 aliphatic rings. The van der Waals surface area contributed by atoms with E-state index < -0.39 is 9.84 Å². The summed E-state index contributed by atoms with van der Waals surface area (Å²) in [4.78, 5) is 3.87. The smallest absolute Gasteiger partial charge is 0.320 e. The van der Waals surface area contributed by atoms with Gasteiger partial charge >= 0.3 is 5.22 Å². The minimum Gasteiger partial charge on any atom is -0.428 e. The van der Waals surface area contributed by atoms with Crippen LogP contribution in [-0.4, -0.2) is 13.4 Å². The van der Waals surface area contributed by atoms with Gasteiger partial charge in [-0.2, -0.15) is 0 Å². The molecule has 0 amide bonds. The van der Waals surface area contributed by atoms with Crippen LogP contribution in [0.15, 0.2) is 57.6 Å². The fraction of sp³-hybridized carbons (Fsp3) is 0. The second-order valence-corrected chi connectivity index (χ2v) is 4.88. The summed E-state index contributed by atoms with van der Waals surface area (Å²) in [7, 11) is -3.65. The Balaban J connectivity index is 2.51. The standard InChI is InChI=1S/C11H9NO3S/c1-2-9-8-12-11(15-9)16(13,14)10-6-4-3-5-7-10/h2-8H,1H2. The van der Waals surface area contributed by atoms with Gasteiger partial charge in [0.15, 0.2) is 0 Å². The van der Waals surface area contributed by atoms with Crippen LogP contribution in [0, 0.1) is 0 Å². The van der Waals surface area contributed by atoms with E-state index in [1.54, 1.807) is 18.2 Å². The first-order valence-electron chi connectivity index (χ1n) is 4.53. The van der Waals surface area contributed by atoms with E-state index in [-0.39, 0.29) is 10.1 Å². The highest BCUT2D eigenvalue weighted by Crippen LogP contribution is 2.20. The topological polar surface area (TPSA) is 60.2 Å². The van der Waals surface area contributed by atoms with Gasteiger partial charge in [-0.05, 0) is 18.2 Å². The van der Waals surface area contributed by atoms with Gasteiger partial charge < -0.3 is 4.42 Å². The fourth-order valence-electron chi connectivity index (χ4n) is 1.19. The Morgan fingerprint density at radius 1 is 1.25 bits per heavy atom. The van der Waals surface area contributed by atoms with Gasteiger partial charge in [0.05, 0.1) is 11.1 Å². The normalized spacial score (nSPS) is 11.2. The Kier molecular flexibility index (Phi) is 2.62. The molecule has 2 rings (SSSR count). The van der Waals surface area contributed by atoms with Crippen molar-refractivity contribution in [3.05, 3.63) is 48.9 Å². The first-order chi connectivity index (χ1) is 7.64. The largest absolute Gasteiger partial charge is 0.428 e. The predicted molar refractivity (Wildman–Crippen MR) is 58.5 cm³/mol. The molecule has 0 radical (unpaired) electrons. The van der Waals surface area contributed by atoms with E-state index >= 15 is 0 Å². The molecule has 2 aromatic rings. The van der Waals surface area contributed by atoms with Gasteiger partial charge in [0, 0.05) is 0 Å². The lowest BCUT2D eigenvalue weighted by atomic mass is 10.4. The minimum atomic E-state index is -3.65. The first kappa shape index (κ1) is 10.6. The molecule has 1 heterocycles. The molecule has 0 aliphatic carbocycles. The molecule has 82 valence electrons. The highest BCUT2D eigenvalue weighted by atomic mass is 32.2. The molecule has 1 aromatic carbocycles. The third kappa shape index (κ3) is 1.77. The number of hydrogen-bond donors (Lipinski definition) is 0. The van der Waals surface area contributed by atoms with Gasteiger partial charge in [-0.15, -0.1) is 0 Å². The van der Waals surface area contributed by atoms with Gasteiger partial charge in [0.1, 0.15) is 5.76 Å². The maximum absolute atomic E-state index is 12.0. The number of oxazole rings is 1. The number of sulfone groups is 1. The average molecular weight is 235 g/mol. The van der Waals surface area contributed by atoms with Gasteiger partial charge in [-0.1, -0.05) is 24.8 Å². The SMILES string of the molecule is C=Cc1cnc(S(=O)(=O)c2ccccc2)o1. The number of rotatable bonds is 3. The van der Waals surface area contributed by atoms with E-state index in [0.29, 0.717) is 5.76 Å². The molecule has 16 heavy (non-hydrogen) atoms. The summed E-state index contributed by atoms with van der Waals surface area (Å²) in [5.74, 6) is 0.328. The molecule has 0 fully saturated rings. The molecule has 0 unspecified atom stereocenters. The maximum Gasteiger partial charge on any atom is 0.320 e. The van der Waals surface area contributed by atoms with Crippen molar-refractivity contribution < 1.29 is 12.8 Å². The zero-order chi connectivity index (χ0) is 11.6. The summed E-state index contributed by atoms with van der Waals surface area (Å²) >= 11 is 0. The van der Waals surface area contributed by atoms with Crippen molar-refractivity contribution in [3.63, 3.8) is 0 Å². The lowest BCUT2D eigenvalue weighted by Gasteiger charge is -1.98. The number of hydrogen-bond acceptors (Lipinski definition) is 4. The van der Waals surface area contributed by atoms with Crippen molar-refractivity contribution in [2.45, 2.75) is 10.1 Å². The molecule has 0 spiro atoms. The van der Waals surface area contributed by atoms with E-state index in [1.165, 1.54) is 24.4 Å². The summed E-state index contributed by atoms with van der Waals surface area (Å²) in [5.41, 5.74) is 0. The van der Waals surface area contributed by atoms with Crippen molar-refractivity contribution in [3.8, 4) is 0 Å². The minimum absolute atomic E-state index is 0.160. The van der Waals surface area contributed by atoms with Crippen molar-refractivity contribution in [1.82, 2.24) is 4.98 Å². The predicted octanol–water partition coefficient (Wildman–Crippen LogP) is 2.15. The highest BCUT2D eigenvalue weighted by Gasteiger charge is 2.22. The number of benzene rings is 1. The maximum atomic E-state index is 12.0. The van der Waals surface area contributed by atoms with Crippen molar-refractivity contribution in [2.24, 2.45) is 0 Å². The molecule has 0 saturated heterocycles. The van der Waals surface area contributed by atoms with Crippen LogP contribution >= 0.6 is 0 Å². The van der Waals surface area contributed by atoms with Crippen LogP contribution < -0.4 is 0 Å². The van der Waals surface area contributed by atoms with Crippen LogP contribution in [0.3, 0.4) is 0 Å². The van der Waals surface area contributed by atoms with Crippen molar-refractivity contribution in [1.29, 1.82) is 0 Å². The van der Waals surface area contributed by atoms with E-state index in [4.69, 9.17) is 4.42 Å². The van der Waals surface area contributed by atoms with E-state index in [1.807, 2.05) is 0 Å². The van der Waals surface area contributed by atoms with Crippen LogP contribution in [-0.2, 0) is 9.84 Å². The molecule has 0 atom stereocenters. The fourth-order valence-corrected chi connectivity index (χ4v) is 2.30. The molecule has 0 bridgehead atoms. The average Bonchev–Trinajstić information content (AvgIpc) is 2.79.